The Kier molecular flexibility index (Phi) is 8.70. The predicted molar refractivity (Wildman–Crippen MR) is 101 cm³/mol. The molecule has 3 aromatic rings. The van der Waals surface area contributed by atoms with Gasteiger partial charge >= 0.3 is 51.4 Å². The van der Waals surface area contributed by atoms with Crippen LogP contribution >= 0.6 is 0 Å². The first kappa shape index (κ1) is 23.1. The molecular weight excluding hydrogens is 383 g/mol. The maximum Gasteiger partial charge on any atom is 1.00 e. The summed E-state index contributed by atoms with van der Waals surface area (Å²) in [7, 11) is 0. The number of hydrogen-bond acceptors (Lipinski definition) is 5. The number of nitrogens with one attached hydrogen (secondary N) is 2. The van der Waals surface area contributed by atoms with Crippen LogP contribution in [-0.2, 0) is 4.79 Å². The molecule has 0 radical (unpaired) electrons. The Morgan fingerprint density at radius 3 is 2.61 bits per heavy atom. The minimum atomic E-state index is -1.23. The summed E-state index contributed by atoms with van der Waals surface area (Å²) in [6.07, 6.45) is 0.955. The minimum Gasteiger partial charge on any atom is -0.548 e. The van der Waals surface area contributed by atoms with Crippen molar-refractivity contribution in [3.8, 4) is 5.75 Å². The van der Waals surface area contributed by atoms with Crippen LogP contribution in [0.15, 0.2) is 48.7 Å². The fourth-order valence-electron chi connectivity index (χ4n) is 3.20. The zero-order valence-corrected chi connectivity index (χ0v) is 19.5. The van der Waals surface area contributed by atoms with Crippen molar-refractivity contribution in [1.82, 2.24) is 10.3 Å². The second kappa shape index (κ2) is 10.5. The summed E-state index contributed by atoms with van der Waals surface area (Å²) >= 11 is 0. The van der Waals surface area contributed by atoms with E-state index in [1.54, 1.807) is 12.1 Å². The van der Waals surface area contributed by atoms with Crippen molar-refractivity contribution in [1.29, 1.82) is 0 Å². The molecule has 0 aliphatic carbocycles. The van der Waals surface area contributed by atoms with E-state index in [9.17, 15) is 15.0 Å². The maximum absolute atomic E-state index is 11.5. The van der Waals surface area contributed by atoms with Crippen molar-refractivity contribution in [3.05, 3.63) is 65.4 Å². The molecule has 28 heavy (non-hydrogen) atoms. The number of carboxylic acid groups (broad SMARTS) is 1. The number of aliphatic hydroxyl groups excluding tert-OH is 1. The van der Waals surface area contributed by atoms with Crippen molar-refractivity contribution in [2.24, 2.45) is 0 Å². The van der Waals surface area contributed by atoms with Gasteiger partial charge in [0.1, 0.15) is 18.5 Å². The molecule has 1 heterocycles. The second-order valence-corrected chi connectivity index (χ2v) is 6.74. The van der Waals surface area contributed by atoms with Crippen LogP contribution < -0.4 is 66.5 Å². The number of rotatable bonds is 8. The molecule has 0 fully saturated rings. The van der Waals surface area contributed by atoms with Crippen LogP contribution in [0.1, 0.15) is 22.7 Å². The predicted octanol–water partition coefficient (Wildman–Crippen LogP) is -1.39. The summed E-state index contributed by atoms with van der Waals surface area (Å²) < 4.78 is 5.70. The van der Waals surface area contributed by atoms with Crippen LogP contribution in [-0.4, -0.2) is 35.3 Å². The number of carbonyl (C=O) groups excluding carboxylic acids is 1. The SMILES string of the molecule is Cc1cc(C)cc(C(NCC(O)COc2cccc3[nH]ccc23)C(=O)[O-])c1.[K+]. The zero-order valence-electron chi connectivity index (χ0n) is 16.4. The standard InChI is InChI=1S/C21H24N2O4.K/c1-13-8-14(2)10-15(9-13)20(21(25)26)23-11-16(24)12-27-19-5-3-4-18-17(19)6-7-22-18;/h3-10,16,20,22-24H,11-12H2,1-2H3,(H,25,26);/q;+1/p-1. The van der Waals surface area contributed by atoms with Gasteiger partial charge in [0.2, 0.25) is 0 Å². The maximum atomic E-state index is 11.5. The smallest absolute Gasteiger partial charge is 0.548 e. The van der Waals surface area contributed by atoms with Gasteiger partial charge in [-0.2, -0.15) is 0 Å². The molecule has 2 atom stereocenters. The number of aromatic nitrogens is 1. The Hall–Kier alpha value is -1.19. The molecule has 0 spiro atoms. The number of carboxylic acids is 1. The first-order valence-electron chi connectivity index (χ1n) is 8.83. The summed E-state index contributed by atoms with van der Waals surface area (Å²) in [5.41, 5.74) is 3.51. The third-order valence-electron chi connectivity index (χ3n) is 4.36. The van der Waals surface area contributed by atoms with Gasteiger partial charge in [0.15, 0.2) is 0 Å². The number of aryl methyl sites for hydroxylation is 2. The van der Waals surface area contributed by atoms with Crippen molar-refractivity contribution in [2.45, 2.75) is 26.0 Å². The van der Waals surface area contributed by atoms with Crippen molar-refractivity contribution in [2.75, 3.05) is 13.2 Å². The Morgan fingerprint density at radius 1 is 1.21 bits per heavy atom. The quantitative estimate of drug-likeness (QED) is 0.400. The molecule has 2 aromatic carbocycles. The van der Waals surface area contributed by atoms with E-state index in [0.717, 1.165) is 22.0 Å². The summed E-state index contributed by atoms with van der Waals surface area (Å²) in [6.45, 7) is 3.93. The molecule has 0 saturated carbocycles. The van der Waals surface area contributed by atoms with E-state index in [4.69, 9.17) is 4.74 Å². The third-order valence-corrected chi connectivity index (χ3v) is 4.36. The van der Waals surface area contributed by atoms with Gasteiger partial charge in [0, 0.05) is 23.6 Å². The Morgan fingerprint density at radius 2 is 1.93 bits per heavy atom. The van der Waals surface area contributed by atoms with Crippen LogP contribution in [0, 0.1) is 13.8 Å². The van der Waals surface area contributed by atoms with E-state index in [2.05, 4.69) is 10.3 Å². The number of aromatic amines is 1. The fourth-order valence-corrected chi connectivity index (χ4v) is 3.20. The van der Waals surface area contributed by atoms with Crippen LogP contribution in [0.5, 0.6) is 5.75 Å². The number of H-pyrrole nitrogens is 1. The van der Waals surface area contributed by atoms with Crippen LogP contribution in [0.4, 0.5) is 0 Å². The van der Waals surface area contributed by atoms with Crippen molar-refractivity contribution >= 4 is 16.9 Å². The van der Waals surface area contributed by atoms with Crippen LogP contribution in [0.25, 0.3) is 10.9 Å². The van der Waals surface area contributed by atoms with Gasteiger partial charge in [-0.1, -0.05) is 35.4 Å². The molecular formula is C21H23KN2O4. The van der Waals surface area contributed by atoms with E-state index < -0.39 is 18.1 Å². The number of aliphatic hydroxyl groups is 1. The fraction of sp³-hybridized carbons (Fsp3) is 0.286. The molecule has 0 bridgehead atoms. The first-order chi connectivity index (χ1) is 12.9. The van der Waals surface area contributed by atoms with Gasteiger partial charge < -0.3 is 30.0 Å². The molecule has 0 saturated heterocycles. The van der Waals surface area contributed by atoms with E-state index in [0.29, 0.717) is 11.3 Å². The normalized spacial score (nSPS) is 13.0. The monoisotopic (exact) mass is 406 g/mol. The molecule has 3 rings (SSSR count). The Labute approximate surface area is 206 Å². The molecule has 6 nitrogen and oxygen atoms in total. The number of aliphatic carboxylic acids is 1. The zero-order chi connectivity index (χ0) is 19.4. The van der Waals surface area contributed by atoms with Gasteiger partial charge in [-0.05, 0) is 37.6 Å². The minimum absolute atomic E-state index is 0. The summed E-state index contributed by atoms with van der Waals surface area (Å²) in [4.78, 5) is 14.6. The molecule has 142 valence electrons. The Bertz CT molecular complexity index is 921. The van der Waals surface area contributed by atoms with Gasteiger partial charge in [0.05, 0.1) is 12.0 Å². The molecule has 3 N–H and O–H groups in total. The number of ether oxygens (including phenoxy) is 1. The number of fused-ring (bicyclic) bond motifs is 1. The number of benzene rings is 2. The third kappa shape index (κ3) is 5.90. The molecule has 2 unspecified atom stereocenters. The van der Waals surface area contributed by atoms with Gasteiger partial charge in [-0.3, -0.25) is 0 Å². The van der Waals surface area contributed by atoms with Crippen LogP contribution in [0.3, 0.4) is 0 Å². The topological polar surface area (TPSA) is 97.4 Å². The van der Waals surface area contributed by atoms with Crippen molar-refractivity contribution < 1.29 is 71.1 Å². The van der Waals surface area contributed by atoms with E-state index in [1.165, 1.54) is 0 Å². The van der Waals surface area contributed by atoms with Gasteiger partial charge in [-0.25, -0.2) is 0 Å². The van der Waals surface area contributed by atoms with E-state index in [1.807, 2.05) is 50.4 Å². The first-order valence-corrected chi connectivity index (χ1v) is 8.83. The van der Waals surface area contributed by atoms with E-state index >= 15 is 0 Å². The average molecular weight is 407 g/mol. The summed E-state index contributed by atoms with van der Waals surface area (Å²) in [5, 5.41) is 25.5. The number of hydrogen-bond donors (Lipinski definition) is 3. The largest absolute Gasteiger partial charge is 1.00 e. The molecule has 0 aliphatic rings. The van der Waals surface area contributed by atoms with Gasteiger partial charge in [-0.15, -0.1) is 0 Å². The van der Waals surface area contributed by atoms with Crippen LogP contribution in [0.2, 0.25) is 0 Å². The summed E-state index contributed by atoms with van der Waals surface area (Å²) in [6, 6.07) is 12.1. The van der Waals surface area contributed by atoms with E-state index in [-0.39, 0.29) is 64.5 Å². The molecule has 0 aliphatic heterocycles. The molecule has 7 heteroatoms. The Balaban J connectivity index is 0.00000280. The molecule has 1 aromatic heterocycles. The molecule has 0 amide bonds. The number of carbonyl (C=O) groups is 1. The van der Waals surface area contributed by atoms with Gasteiger partial charge in [0.25, 0.3) is 0 Å². The van der Waals surface area contributed by atoms with Crippen molar-refractivity contribution in [3.63, 3.8) is 0 Å². The average Bonchev–Trinajstić information content (AvgIpc) is 3.08. The summed E-state index contributed by atoms with van der Waals surface area (Å²) in [5.74, 6) is -0.566. The second-order valence-electron chi connectivity index (χ2n) is 6.74.